The van der Waals surface area contributed by atoms with E-state index in [-0.39, 0.29) is 32.1 Å². The van der Waals surface area contributed by atoms with Crippen molar-refractivity contribution < 1.29 is 33.0 Å². The highest BCUT2D eigenvalue weighted by atomic mass is 16.5. The van der Waals surface area contributed by atoms with Gasteiger partial charge in [-0.05, 0) is 60.5 Å². The van der Waals surface area contributed by atoms with Crippen LogP contribution in [0.15, 0.2) is 65.3 Å². The van der Waals surface area contributed by atoms with Crippen molar-refractivity contribution in [3.05, 3.63) is 72.2 Å². The van der Waals surface area contributed by atoms with Gasteiger partial charge in [0.1, 0.15) is 18.1 Å². The van der Waals surface area contributed by atoms with Gasteiger partial charge in [-0.25, -0.2) is 4.79 Å². The number of hydrogen-bond acceptors (Lipinski definition) is 7. The summed E-state index contributed by atoms with van der Waals surface area (Å²) < 4.78 is 26.6. The number of nitrogens with one attached hydrogen (secondary N) is 1. The summed E-state index contributed by atoms with van der Waals surface area (Å²) >= 11 is 0. The van der Waals surface area contributed by atoms with Crippen molar-refractivity contribution in [2.75, 3.05) is 60.0 Å². The van der Waals surface area contributed by atoms with E-state index in [9.17, 15) is 9.59 Å². The summed E-state index contributed by atoms with van der Waals surface area (Å²) in [7, 11) is 6.29. The number of anilines is 1. The first-order valence-electron chi connectivity index (χ1n) is 12.2. The van der Waals surface area contributed by atoms with E-state index in [2.05, 4.69) is 5.32 Å². The largest absolute Gasteiger partial charge is 0.497 e. The molecule has 38 heavy (non-hydrogen) atoms. The van der Waals surface area contributed by atoms with Crippen molar-refractivity contribution in [1.82, 2.24) is 9.80 Å². The highest BCUT2D eigenvalue weighted by molar-refractivity contribution is 5.92. The second kappa shape index (κ2) is 14.5. The molecule has 0 aliphatic carbocycles. The van der Waals surface area contributed by atoms with Crippen LogP contribution in [0.4, 0.5) is 10.5 Å². The molecule has 0 aliphatic heterocycles. The quantitative estimate of drug-likeness (QED) is 0.339. The van der Waals surface area contributed by atoms with Gasteiger partial charge in [0.05, 0.1) is 40.7 Å². The van der Waals surface area contributed by atoms with E-state index in [0.29, 0.717) is 41.7 Å². The molecule has 3 aromatic rings. The number of furan rings is 1. The number of amides is 3. The molecule has 0 atom stereocenters. The second-order valence-corrected chi connectivity index (χ2v) is 8.41. The topological polar surface area (TPSA) is 103 Å². The summed E-state index contributed by atoms with van der Waals surface area (Å²) in [4.78, 5) is 29.7. The standard InChI is InChI=1S/C28H35N3O7/c1-34-17-15-31(28(33)29-22-8-10-23(35-2)11-9-22)20-27(32)30(19-24-6-5-16-38-24)14-13-21-7-12-25(36-3)26(18-21)37-4/h5-12,16,18H,13-15,17,19-20H2,1-4H3,(H,29,33). The fourth-order valence-corrected chi connectivity index (χ4v) is 3.78. The average molecular weight is 526 g/mol. The van der Waals surface area contributed by atoms with E-state index in [1.165, 1.54) is 4.90 Å². The Morgan fingerprint density at radius 1 is 0.868 bits per heavy atom. The Hall–Kier alpha value is -4.18. The maximum Gasteiger partial charge on any atom is 0.322 e. The van der Waals surface area contributed by atoms with Gasteiger partial charge in [-0.15, -0.1) is 0 Å². The summed E-state index contributed by atoms with van der Waals surface area (Å²) in [5.41, 5.74) is 1.57. The zero-order valence-electron chi connectivity index (χ0n) is 22.3. The Morgan fingerprint density at radius 2 is 1.63 bits per heavy atom. The summed E-state index contributed by atoms with van der Waals surface area (Å²) in [6.07, 6.45) is 2.14. The SMILES string of the molecule is COCCN(CC(=O)N(CCc1ccc(OC)c(OC)c1)Cc1ccco1)C(=O)Nc1ccc(OC)cc1. The Morgan fingerprint density at radius 3 is 2.26 bits per heavy atom. The molecule has 1 heterocycles. The molecule has 0 aliphatic rings. The number of carbonyl (C=O) groups is 2. The lowest BCUT2D eigenvalue weighted by Crippen LogP contribution is -2.46. The molecule has 0 saturated heterocycles. The summed E-state index contributed by atoms with van der Waals surface area (Å²) in [6, 6.07) is 15.8. The third-order valence-electron chi connectivity index (χ3n) is 5.92. The van der Waals surface area contributed by atoms with Crippen molar-refractivity contribution in [3.63, 3.8) is 0 Å². The summed E-state index contributed by atoms with van der Waals surface area (Å²) in [6.45, 7) is 1.09. The minimum Gasteiger partial charge on any atom is -0.497 e. The van der Waals surface area contributed by atoms with Crippen LogP contribution in [0.2, 0.25) is 0 Å². The van der Waals surface area contributed by atoms with Gasteiger partial charge < -0.3 is 38.5 Å². The zero-order chi connectivity index (χ0) is 27.3. The van der Waals surface area contributed by atoms with Gasteiger partial charge in [-0.3, -0.25) is 4.79 Å². The normalized spacial score (nSPS) is 10.5. The lowest BCUT2D eigenvalue weighted by atomic mass is 10.1. The first-order valence-corrected chi connectivity index (χ1v) is 12.2. The lowest BCUT2D eigenvalue weighted by molar-refractivity contribution is -0.132. The molecule has 10 heteroatoms. The van der Waals surface area contributed by atoms with Crippen LogP contribution in [0.25, 0.3) is 0 Å². The van der Waals surface area contributed by atoms with Gasteiger partial charge in [-0.2, -0.15) is 0 Å². The number of hydrogen-bond donors (Lipinski definition) is 1. The van der Waals surface area contributed by atoms with Gasteiger partial charge >= 0.3 is 6.03 Å². The Balaban J connectivity index is 1.72. The number of ether oxygens (including phenoxy) is 4. The zero-order valence-corrected chi connectivity index (χ0v) is 22.3. The van der Waals surface area contributed by atoms with Crippen molar-refractivity contribution in [1.29, 1.82) is 0 Å². The molecule has 3 rings (SSSR count). The molecule has 1 aromatic heterocycles. The van der Waals surface area contributed by atoms with Gasteiger partial charge in [-0.1, -0.05) is 6.07 Å². The monoisotopic (exact) mass is 525 g/mol. The lowest BCUT2D eigenvalue weighted by Gasteiger charge is -2.27. The Labute approximate surface area is 223 Å². The van der Waals surface area contributed by atoms with Gasteiger partial charge in [0.25, 0.3) is 0 Å². The number of carbonyl (C=O) groups excluding carboxylic acids is 2. The first kappa shape index (κ1) is 28.4. The Bertz CT molecular complexity index is 1150. The molecule has 0 radical (unpaired) electrons. The van der Waals surface area contributed by atoms with Crippen LogP contribution >= 0.6 is 0 Å². The molecule has 204 valence electrons. The van der Waals surface area contributed by atoms with Crippen molar-refractivity contribution in [2.24, 2.45) is 0 Å². The third kappa shape index (κ3) is 8.17. The summed E-state index contributed by atoms with van der Waals surface area (Å²) in [5, 5.41) is 2.83. The molecule has 3 amide bonds. The van der Waals surface area contributed by atoms with Crippen molar-refractivity contribution in [3.8, 4) is 17.2 Å². The number of nitrogens with zero attached hydrogens (tertiary/aromatic N) is 2. The molecule has 1 N–H and O–H groups in total. The number of rotatable bonds is 14. The van der Waals surface area contributed by atoms with Crippen LogP contribution < -0.4 is 19.5 Å². The number of benzene rings is 2. The minimum atomic E-state index is -0.404. The molecular formula is C28H35N3O7. The smallest absolute Gasteiger partial charge is 0.322 e. The van der Waals surface area contributed by atoms with Crippen LogP contribution in [-0.4, -0.2) is 76.4 Å². The van der Waals surface area contributed by atoms with Crippen LogP contribution in [0.1, 0.15) is 11.3 Å². The molecule has 10 nitrogen and oxygen atoms in total. The third-order valence-corrected chi connectivity index (χ3v) is 5.92. The average Bonchev–Trinajstić information content (AvgIpc) is 3.46. The fourth-order valence-electron chi connectivity index (χ4n) is 3.78. The molecule has 0 bridgehead atoms. The predicted molar refractivity (Wildman–Crippen MR) is 143 cm³/mol. The fraction of sp³-hybridized carbons (Fsp3) is 0.357. The van der Waals surface area contributed by atoms with E-state index in [1.54, 1.807) is 69.9 Å². The van der Waals surface area contributed by atoms with E-state index in [4.69, 9.17) is 23.4 Å². The number of methoxy groups -OCH3 is 4. The second-order valence-electron chi connectivity index (χ2n) is 8.41. The van der Waals surface area contributed by atoms with Crippen molar-refractivity contribution in [2.45, 2.75) is 13.0 Å². The maximum atomic E-state index is 13.5. The van der Waals surface area contributed by atoms with E-state index in [1.807, 2.05) is 24.3 Å². The van der Waals surface area contributed by atoms with Crippen LogP contribution in [0.3, 0.4) is 0 Å². The molecule has 0 fully saturated rings. The highest BCUT2D eigenvalue weighted by Crippen LogP contribution is 2.28. The van der Waals surface area contributed by atoms with E-state index >= 15 is 0 Å². The van der Waals surface area contributed by atoms with E-state index < -0.39 is 6.03 Å². The minimum absolute atomic E-state index is 0.127. The van der Waals surface area contributed by atoms with Crippen molar-refractivity contribution >= 4 is 17.6 Å². The molecule has 0 unspecified atom stereocenters. The van der Waals surface area contributed by atoms with Crippen LogP contribution in [-0.2, 0) is 22.5 Å². The summed E-state index contributed by atoms with van der Waals surface area (Å²) in [5.74, 6) is 2.36. The van der Waals surface area contributed by atoms with Crippen LogP contribution in [0, 0.1) is 0 Å². The van der Waals surface area contributed by atoms with Crippen LogP contribution in [0.5, 0.6) is 17.2 Å². The molecule has 0 saturated carbocycles. The highest BCUT2D eigenvalue weighted by Gasteiger charge is 2.22. The molecule has 2 aromatic carbocycles. The van der Waals surface area contributed by atoms with Gasteiger partial charge in [0, 0.05) is 25.9 Å². The van der Waals surface area contributed by atoms with E-state index in [0.717, 1.165) is 5.56 Å². The van der Waals surface area contributed by atoms with Gasteiger partial charge in [0.2, 0.25) is 5.91 Å². The molecular weight excluding hydrogens is 490 g/mol. The van der Waals surface area contributed by atoms with Gasteiger partial charge in [0.15, 0.2) is 11.5 Å². The molecule has 0 spiro atoms. The number of urea groups is 1. The predicted octanol–water partition coefficient (Wildman–Crippen LogP) is 4.06. The Kier molecular flexibility index (Phi) is 10.9. The first-order chi connectivity index (χ1) is 18.5. The maximum absolute atomic E-state index is 13.5.